The molecule has 1 aliphatic rings. The van der Waals surface area contributed by atoms with Gasteiger partial charge in [0.2, 0.25) is 0 Å². The van der Waals surface area contributed by atoms with Gasteiger partial charge in [-0.05, 0) is 54.7 Å². The Bertz CT molecular complexity index is 1300. The van der Waals surface area contributed by atoms with E-state index < -0.39 is 5.97 Å². The van der Waals surface area contributed by atoms with E-state index in [1.165, 1.54) is 31.1 Å². The number of aryl methyl sites for hydroxylation is 2. The maximum atomic E-state index is 12.1. The van der Waals surface area contributed by atoms with Crippen LogP contribution in [0, 0.1) is 0 Å². The van der Waals surface area contributed by atoms with Crippen LogP contribution in [0.3, 0.4) is 0 Å². The Kier molecular flexibility index (Phi) is 5.45. The van der Waals surface area contributed by atoms with Crippen LogP contribution in [0.5, 0.6) is 5.75 Å². The number of hydrogen-bond donors (Lipinski definition) is 1. The smallest absolute Gasteiger partial charge is 0.341 e. The number of ether oxygens (including phenoxy) is 2. The zero-order valence-electron chi connectivity index (χ0n) is 17.8. The van der Waals surface area contributed by atoms with Gasteiger partial charge < -0.3 is 14.8 Å². The number of nitrogens with one attached hydrogen (secondary N) is 1. The molecule has 0 fully saturated rings. The lowest BCUT2D eigenvalue weighted by atomic mass is 10.1. The van der Waals surface area contributed by atoms with Crippen LogP contribution in [0.2, 0.25) is 0 Å². The van der Waals surface area contributed by atoms with E-state index in [2.05, 4.69) is 10.3 Å². The number of esters is 1. The maximum Gasteiger partial charge on any atom is 0.341 e. The molecule has 8 heteroatoms. The van der Waals surface area contributed by atoms with Crippen LogP contribution in [0.25, 0.3) is 21.6 Å². The molecule has 5 rings (SSSR count). The molecule has 0 atom stereocenters. The number of nitrogens with zero attached hydrogens (tertiary/aromatic N) is 3. The van der Waals surface area contributed by atoms with E-state index in [1.807, 2.05) is 18.2 Å². The van der Waals surface area contributed by atoms with Crippen molar-refractivity contribution in [3.05, 3.63) is 64.3 Å². The third-order valence-electron chi connectivity index (χ3n) is 5.61. The molecule has 0 saturated heterocycles. The van der Waals surface area contributed by atoms with E-state index in [1.54, 1.807) is 35.9 Å². The van der Waals surface area contributed by atoms with Crippen molar-refractivity contribution in [3.8, 4) is 17.1 Å². The van der Waals surface area contributed by atoms with Gasteiger partial charge in [-0.3, -0.25) is 4.98 Å². The summed E-state index contributed by atoms with van der Waals surface area (Å²) >= 11 is 1.76. The van der Waals surface area contributed by atoms with Gasteiger partial charge in [0.1, 0.15) is 22.0 Å². The van der Waals surface area contributed by atoms with E-state index in [-0.39, 0.29) is 0 Å². The summed E-state index contributed by atoms with van der Waals surface area (Å²) in [6, 6.07) is 9.34. The summed E-state index contributed by atoms with van der Waals surface area (Å²) < 4.78 is 10.2. The summed E-state index contributed by atoms with van der Waals surface area (Å²) in [5.74, 6) is 1.52. The van der Waals surface area contributed by atoms with Crippen LogP contribution < -0.4 is 10.1 Å². The fourth-order valence-corrected chi connectivity index (χ4v) is 5.33. The number of pyridine rings is 1. The fourth-order valence-electron chi connectivity index (χ4n) is 4.07. The quantitative estimate of drug-likeness (QED) is 0.432. The Labute approximate surface area is 189 Å². The molecule has 1 aliphatic carbocycles. The number of carbonyl (C=O) groups is 1. The van der Waals surface area contributed by atoms with Crippen molar-refractivity contribution in [1.82, 2.24) is 15.0 Å². The van der Waals surface area contributed by atoms with E-state index in [0.29, 0.717) is 23.7 Å². The topological polar surface area (TPSA) is 86.2 Å². The molecule has 1 aromatic carbocycles. The Balaban J connectivity index is 1.53. The Morgan fingerprint density at radius 3 is 2.88 bits per heavy atom. The summed E-state index contributed by atoms with van der Waals surface area (Å²) in [7, 11) is 2.90. The number of rotatable bonds is 6. The summed E-state index contributed by atoms with van der Waals surface area (Å²) in [4.78, 5) is 28.5. The summed E-state index contributed by atoms with van der Waals surface area (Å²) in [6.07, 6.45) is 6.83. The number of anilines is 1. The van der Waals surface area contributed by atoms with E-state index >= 15 is 0 Å². The van der Waals surface area contributed by atoms with Crippen molar-refractivity contribution in [3.63, 3.8) is 0 Å². The highest BCUT2D eigenvalue weighted by Crippen LogP contribution is 2.40. The van der Waals surface area contributed by atoms with Gasteiger partial charge in [0.05, 0.1) is 19.6 Å². The first-order chi connectivity index (χ1) is 15.7. The average molecular weight is 447 g/mol. The fraction of sp³-hybridized carbons (Fsp3) is 0.250. The van der Waals surface area contributed by atoms with Gasteiger partial charge >= 0.3 is 5.97 Å². The minimum atomic E-state index is -0.428. The molecule has 0 amide bonds. The first-order valence-corrected chi connectivity index (χ1v) is 11.2. The molecular formula is C24H22N4O3S. The average Bonchev–Trinajstić information content (AvgIpc) is 3.43. The summed E-state index contributed by atoms with van der Waals surface area (Å²) in [5.41, 5.74) is 3.56. The van der Waals surface area contributed by atoms with Crippen molar-refractivity contribution in [2.45, 2.75) is 25.8 Å². The zero-order chi connectivity index (χ0) is 22.1. The highest BCUT2D eigenvalue weighted by Gasteiger charge is 2.23. The van der Waals surface area contributed by atoms with Crippen LogP contribution >= 0.6 is 11.3 Å². The second-order valence-electron chi connectivity index (χ2n) is 7.55. The Morgan fingerprint density at radius 2 is 2.09 bits per heavy atom. The van der Waals surface area contributed by atoms with Crippen LogP contribution in [0.15, 0.2) is 42.7 Å². The largest absolute Gasteiger partial charge is 0.496 e. The van der Waals surface area contributed by atoms with Crippen molar-refractivity contribution in [2.75, 3.05) is 19.5 Å². The molecular weight excluding hydrogens is 424 g/mol. The molecule has 32 heavy (non-hydrogen) atoms. The summed E-state index contributed by atoms with van der Waals surface area (Å²) in [6.45, 7) is 0.497. The number of methoxy groups -OCH3 is 2. The van der Waals surface area contributed by atoms with Gasteiger partial charge in [-0.25, -0.2) is 14.8 Å². The molecule has 3 aromatic heterocycles. The lowest BCUT2D eigenvalue weighted by Crippen LogP contribution is -2.08. The first kappa shape index (κ1) is 20.4. The zero-order valence-corrected chi connectivity index (χ0v) is 18.7. The van der Waals surface area contributed by atoms with Gasteiger partial charge in [0.25, 0.3) is 0 Å². The second-order valence-corrected chi connectivity index (χ2v) is 8.64. The van der Waals surface area contributed by atoms with E-state index in [9.17, 15) is 4.79 Å². The molecule has 0 saturated carbocycles. The highest BCUT2D eigenvalue weighted by atomic mass is 32.1. The molecule has 0 bridgehead atoms. The van der Waals surface area contributed by atoms with E-state index in [4.69, 9.17) is 19.4 Å². The molecule has 0 spiro atoms. The molecule has 1 N–H and O–H groups in total. The number of aromatic nitrogens is 3. The normalized spacial score (nSPS) is 12.6. The monoisotopic (exact) mass is 446 g/mol. The highest BCUT2D eigenvalue weighted by molar-refractivity contribution is 7.19. The van der Waals surface area contributed by atoms with Gasteiger partial charge in [0.15, 0.2) is 5.82 Å². The number of thiophene rings is 1. The predicted molar refractivity (Wildman–Crippen MR) is 124 cm³/mol. The van der Waals surface area contributed by atoms with Crippen LogP contribution in [0.4, 0.5) is 5.82 Å². The SMILES string of the molecule is COC(=O)c1cc(CNc2nc(-c3cccnc3)nc3sc4c(c23)CCC4)ccc1OC. The first-order valence-electron chi connectivity index (χ1n) is 10.4. The molecule has 0 radical (unpaired) electrons. The Morgan fingerprint density at radius 1 is 1.19 bits per heavy atom. The third kappa shape index (κ3) is 3.67. The van der Waals surface area contributed by atoms with E-state index in [0.717, 1.165) is 40.0 Å². The van der Waals surface area contributed by atoms with Gasteiger partial charge in [-0.2, -0.15) is 0 Å². The van der Waals surface area contributed by atoms with Crippen LogP contribution in [0.1, 0.15) is 32.8 Å². The van der Waals surface area contributed by atoms with Gasteiger partial charge in [-0.1, -0.05) is 6.07 Å². The molecule has 0 aliphatic heterocycles. The molecule has 7 nitrogen and oxygen atoms in total. The number of benzene rings is 1. The van der Waals surface area contributed by atoms with Crippen LogP contribution in [-0.4, -0.2) is 35.1 Å². The molecule has 4 aromatic rings. The van der Waals surface area contributed by atoms with Crippen molar-refractivity contribution >= 4 is 33.3 Å². The number of fused-ring (bicyclic) bond motifs is 3. The Hall–Kier alpha value is -3.52. The summed E-state index contributed by atoms with van der Waals surface area (Å²) in [5, 5.41) is 4.60. The minimum Gasteiger partial charge on any atom is -0.496 e. The lowest BCUT2D eigenvalue weighted by molar-refractivity contribution is 0.0597. The predicted octanol–water partition coefficient (Wildman–Crippen LogP) is 4.65. The standard InChI is InChI=1S/C24H22N4O3S/c1-30-18-9-8-14(11-17(18)24(29)31-2)12-26-22-20-16-6-3-7-19(16)32-23(20)28-21(27-22)15-5-4-10-25-13-15/h4-5,8-11,13H,3,6-7,12H2,1-2H3,(H,26,27,28). The van der Waals surface area contributed by atoms with Crippen molar-refractivity contribution < 1.29 is 14.3 Å². The third-order valence-corrected chi connectivity index (χ3v) is 6.80. The minimum absolute atomic E-state index is 0.398. The molecule has 162 valence electrons. The van der Waals surface area contributed by atoms with Crippen molar-refractivity contribution in [2.24, 2.45) is 0 Å². The maximum absolute atomic E-state index is 12.1. The van der Waals surface area contributed by atoms with Crippen molar-refractivity contribution in [1.29, 1.82) is 0 Å². The lowest BCUT2D eigenvalue weighted by Gasteiger charge is -2.12. The molecule has 3 heterocycles. The number of carbonyl (C=O) groups excluding carboxylic acids is 1. The van der Waals surface area contributed by atoms with Gasteiger partial charge in [0, 0.05) is 29.4 Å². The second kappa shape index (κ2) is 8.55. The van der Waals surface area contributed by atoms with Crippen LogP contribution in [-0.2, 0) is 24.1 Å². The van der Waals surface area contributed by atoms with Gasteiger partial charge in [-0.15, -0.1) is 11.3 Å². The number of hydrogen-bond acceptors (Lipinski definition) is 8. The molecule has 0 unspecified atom stereocenters.